The Hall–Kier alpha value is -1.39. The van der Waals surface area contributed by atoms with Crippen LogP contribution in [0.4, 0.5) is 0 Å². The fourth-order valence-corrected chi connectivity index (χ4v) is 0.856. The standard InChI is InChI=1S/C7H11N3O2/c1-4(8-6(3)11)7-9-5(2)10-12-7/h4H,1-3H3,(H,8,11). The molecule has 5 heteroatoms. The molecule has 0 fully saturated rings. The third-order valence-electron chi connectivity index (χ3n) is 1.33. The smallest absolute Gasteiger partial charge is 0.248 e. The van der Waals surface area contributed by atoms with Gasteiger partial charge in [0.25, 0.3) is 0 Å². The molecule has 1 rings (SSSR count). The van der Waals surface area contributed by atoms with Crippen molar-refractivity contribution in [2.24, 2.45) is 0 Å². The molecule has 1 atom stereocenters. The maximum atomic E-state index is 10.6. The van der Waals surface area contributed by atoms with Crippen molar-refractivity contribution < 1.29 is 9.32 Å². The molecule has 0 saturated carbocycles. The summed E-state index contributed by atoms with van der Waals surface area (Å²) in [5.41, 5.74) is 0. The van der Waals surface area contributed by atoms with E-state index in [4.69, 9.17) is 4.52 Å². The first-order valence-corrected chi connectivity index (χ1v) is 3.67. The zero-order chi connectivity index (χ0) is 9.14. The van der Waals surface area contributed by atoms with Crippen LogP contribution >= 0.6 is 0 Å². The molecule has 1 unspecified atom stereocenters. The Kier molecular flexibility index (Phi) is 2.42. The Balaban J connectivity index is 2.64. The van der Waals surface area contributed by atoms with Crippen molar-refractivity contribution in [3.8, 4) is 0 Å². The minimum Gasteiger partial charge on any atom is -0.345 e. The van der Waals surface area contributed by atoms with Crippen LogP contribution in [0.1, 0.15) is 31.6 Å². The highest BCUT2D eigenvalue weighted by atomic mass is 16.5. The molecule has 0 aliphatic heterocycles. The topological polar surface area (TPSA) is 68.0 Å². The molecule has 1 aromatic rings. The molecule has 1 aromatic heterocycles. The molecule has 1 N–H and O–H groups in total. The van der Waals surface area contributed by atoms with Crippen molar-refractivity contribution in [3.05, 3.63) is 11.7 Å². The lowest BCUT2D eigenvalue weighted by Gasteiger charge is -2.05. The minimum atomic E-state index is -0.219. The van der Waals surface area contributed by atoms with Crippen LogP contribution in [0.15, 0.2) is 4.52 Å². The van der Waals surface area contributed by atoms with Gasteiger partial charge in [0.05, 0.1) is 0 Å². The van der Waals surface area contributed by atoms with E-state index < -0.39 is 0 Å². The number of hydrogen-bond donors (Lipinski definition) is 1. The van der Waals surface area contributed by atoms with Gasteiger partial charge in [-0.2, -0.15) is 4.98 Å². The van der Waals surface area contributed by atoms with Gasteiger partial charge in [0, 0.05) is 6.92 Å². The number of carbonyl (C=O) groups excluding carboxylic acids is 1. The van der Waals surface area contributed by atoms with Gasteiger partial charge in [-0.25, -0.2) is 0 Å². The predicted molar refractivity (Wildman–Crippen MR) is 41.3 cm³/mol. The predicted octanol–water partition coefficient (Wildman–Crippen LogP) is 0.575. The number of carbonyl (C=O) groups is 1. The fourth-order valence-electron chi connectivity index (χ4n) is 0.856. The second kappa shape index (κ2) is 3.34. The molecule has 66 valence electrons. The summed E-state index contributed by atoms with van der Waals surface area (Å²) in [5, 5.41) is 6.24. The summed E-state index contributed by atoms with van der Waals surface area (Å²) in [6.45, 7) is 4.96. The summed E-state index contributed by atoms with van der Waals surface area (Å²) in [4.78, 5) is 14.6. The Morgan fingerprint density at radius 1 is 1.67 bits per heavy atom. The summed E-state index contributed by atoms with van der Waals surface area (Å²) in [7, 11) is 0. The molecule has 0 aliphatic carbocycles. The zero-order valence-electron chi connectivity index (χ0n) is 7.29. The number of nitrogens with zero attached hydrogens (tertiary/aromatic N) is 2. The maximum Gasteiger partial charge on any atom is 0.248 e. The normalized spacial score (nSPS) is 12.6. The van der Waals surface area contributed by atoms with Gasteiger partial charge in [0.1, 0.15) is 6.04 Å². The van der Waals surface area contributed by atoms with Crippen molar-refractivity contribution >= 4 is 5.91 Å². The Morgan fingerprint density at radius 3 is 2.75 bits per heavy atom. The van der Waals surface area contributed by atoms with Crippen molar-refractivity contribution in [1.82, 2.24) is 15.5 Å². The van der Waals surface area contributed by atoms with Crippen molar-refractivity contribution in [2.45, 2.75) is 26.8 Å². The molecular formula is C7H11N3O2. The maximum absolute atomic E-state index is 10.6. The van der Waals surface area contributed by atoms with E-state index in [1.54, 1.807) is 13.8 Å². The highest BCUT2D eigenvalue weighted by Crippen LogP contribution is 2.07. The monoisotopic (exact) mass is 169 g/mol. The number of amides is 1. The van der Waals surface area contributed by atoms with Crippen molar-refractivity contribution in [1.29, 1.82) is 0 Å². The molecule has 0 saturated heterocycles. The SMILES string of the molecule is CC(=O)NC(C)c1nc(C)no1. The van der Waals surface area contributed by atoms with E-state index in [2.05, 4.69) is 15.5 Å². The van der Waals surface area contributed by atoms with Crippen LogP contribution in [0.5, 0.6) is 0 Å². The Morgan fingerprint density at radius 2 is 2.33 bits per heavy atom. The second-order valence-electron chi connectivity index (χ2n) is 2.60. The number of nitrogens with one attached hydrogen (secondary N) is 1. The van der Waals surface area contributed by atoms with Crippen LogP contribution < -0.4 is 5.32 Å². The van der Waals surface area contributed by atoms with Gasteiger partial charge in [-0.1, -0.05) is 5.16 Å². The van der Waals surface area contributed by atoms with Gasteiger partial charge in [0.2, 0.25) is 11.8 Å². The van der Waals surface area contributed by atoms with E-state index in [1.165, 1.54) is 6.92 Å². The van der Waals surface area contributed by atoms with Gasteiger partial charge in [-0.15, -0.1) is 0 Å². The summed E-state index contributed by atoms with van der Waals surface area (Å²) in [6.07, 6.45) is 0. The highest BCUT2D eigenvalue weighted by molar-refractivity contribution is 5.73. The largest absolute Gasteiger partial charge is 0.345 e. The molecule has 0 radical (unpaired) electrons. The average molecular weight is 169 g/mol. The quantitative estimate of drug-likeness (QED) is 0.703. The first kappa shape index (κ1) is 8.70. The molecular weight excluding hydrogens is 158 g/mol. The van der Waals surface area contributed by atoms with E-state index in [1.807, 2.05) is 0 Å². The van der Waals surface area contributed by atoms with Crippen LogP contribution in [0.25, 0.3) is 0 Å². The lowest BCUT2D eigenvalue weighted by molar-refractivity contribution is -0.119. The average Bonchev–Trinajstić information content (AvgIpc) is 2.34. The van der Waals surface area contributed by atoms with Gasteiger partial charge in [-0.05, 0) is 13.8 Å². The lowest BCUT2D eigenvalue weighted by atomic mass is 10.3. The van der Waals surface area contributed by atoms with E-state index >= 15 is 0 Å². The van der Waals surface area contributed by atoms with Gasteiger partial charge in [-0.3, -0.25) is 4.79 Å². The molecule has 1 heterocycles. The zero-order valence-corrected chi connectivity index (χ0v) is 7.29. The van der Waals surface area contributed by atoms with Gasteiger partial charge < -0.3 is 9.84 Å². The third kappa shape index (κ3) is 2.05. The van der Waals surface area contributed by atoms with Crippen molar-refractivity contribution in [2.75, 3.05) is 0 Å². The molecule has 1 amide bonds. The molecule has 0 aromatic carbocycles. The minimum absolute atomic E-state index is 0.113. The molecule has 0 aliphatic rings. The van der Waals surface area contributed by atoms with E-state index in [-0.39, 0.29) is 11.9 Å². The van der Waals surface area contributed by atoms with Crippen LogP contribution in [-0.2, 0) is 4.79 Å². The van der Waals surface area contributed by atoms with E-state index in [9.17, 15) is 4.79 Å². The Bertz CT molecular complexity index is 282. The molecule has 0 spiro atoms. The number of rotatable bonds is 2. The number of aryl methyl sites for hydroxylation is 1. The number of aromatic nitrogens is 2. The van der Waals surface area contributed by atoms with Crippen LogP contribution in [0, 0.1) is 6.92 Å². The summed E-state index contributed by atoms with van der Waals surface area (Å²) in [5.74, 6) is 0.892. The number of hydrogen-bond acceptors (Lipinski definition) is 4. The first-order valence-electron chi connectivity index (χ1n) is 3.67. The van der Waals surface area contributed by atoms with Crippen LogP contribution in [0.3, 0.4) is 0 Å². The van der Waals surface area contributed by atoms with Crippen molar-refractivity contribution in [3.63, 3.8) is 0 Å². The Labute approximate surface area is 70.2 Å². The summed E-state index contributed by atoms with van der Waals surface area (Å²) < 4.78 is 4.85. The molecule has 5 nitrogen and oxygen atoms in total. The van der Waals surface area contributed by atoms with Crippen LogP contribution in [-0.4, -0.2) is 16.0 Å². The second-order valence-corrected chi connectivity index (χ2v) is 2.60. The van der Waals surface area contributed by atoms with Crippen LogP contribution in [0.2, 0.25) is 0 Å². The van der Waals surface area contributed by atoms with Gasteiger partial charge in [0.15, 0.2) is 5.82 Å². The third-order valence-corrected chi connectivity index (χ3v) is 1.33. The molecule has 0 bridgehead atoms. The summed E-state index contributed by atoms with van der Waals surface area (Å²) in [6, 6.07) is -0.219. The first-order chi connectivity index (χ1) is 5.59. The molecule has 12 heavy (non-hydrogen) atoms. The van der Waals surface area contributed by atoms with E-state index in [0.717, 1.165) is 0 Å². The highest BCUT2D eigenvalue weighted by Gasteiger charge is 2.12. The lowest BCUT2D eigenvalue weighted by Crippen LogP contribution is -2.23. The van der Waals surface area contributed by atoms with E-state index in [0.29, 0.717) is 11.7 Å². The van der Waals surface area contributed by atoms with Gasteiger partial charge >= 0.3 is 0 Å². The summed E-state index contributed by atoms with van der Waals surface area (Å²) >= 11 is 0. The fraction of sp³-hybridized carbons (Fsp3) is 0.571.